The number of carbonyl (C=O) groups is 1. The number of amides is 1. The molecule has 17 heavy (non-hydrogen) atoms. The van der Waals surface area contributed by atoms with Crippen LogP contribution in [0.25, 0.3) is 0 Å². The van der Waals surface area contributed by atoms with Crippen LogP contribution in [0.3, 0.4) is 0 Å². The number of nitrogens with zero attached hydrogens (tertiary/aromatic N) is 3. The van der Waals surface area contributed by atoms with E-state index in [1.54, 1.807) is 31.4 Å². The summed E-state index contributed by atoms with van der Waals surface area (Å²) in [7, 11) is 3.59. The molecule has 1 aliphatic rings. The third-order valence-electron chi connectivity index (χ3n) is 3.07. The minimum atomic E-state index is 0.0780. The van der Waals surface area contributed by atoms with Gasteiger partial charge in [-0.1, -0.05) is 11.6 Å². The van der Waals surface area contributed by atoms with E-state index in [0.717, 1.165) is 25.2 Å². The first kappa shape index (κ1) is 12.2. The van der Waals surface area contributed by atoms with E-state index in [2.05, 4.69) is 9.88 Å². The van der Waals surface area contributed by atoms with Gasteiger partial charge in [-0.2, -0.15) is 0 Å². The Morgan fingerprint density at radius 2 is 2.35 bits per heavy atom. The van der Waals surface area contributed by atoms with Crippen LogP contribution in [-0.2, 0) is 4.79 Å². The van der Waals surface area contributed by atoms with E-state index in [9.17, 15) is 4.79 Å². The summed E-state index contributed by atoms with van der Waals surface area (Å²) in [5.74, 6) is 0.270. The van der Waals surface area contributed by atoms with Crippen LogP contribution in [0.5, 0.6) is 0 Å². The molecule has 1 unspecified atom stereocenters. The van der Waals surface area contributed by atoms with E-state index in [0.29, 0.717) is 5.02 Å². The fraction of sp³-hybridized carbons (Fsp3) is 0.500. The summed E-state index contributed by atoms with van der Waals surface area (Å²) in [6.07, 6.45) is 4.25. The fourth-order valence-electron chi connectivity index (χ4n) is 2.17. The maximum atomic E-state index is 11.9. The lowest BCUT2D eigenvalue weighted by atomic mass is 10.1. The standard InChI is InChI=1S/C12H16ClN3O/c1-15(2)12(17)9-4-6-16(8-9)11-3-5-14-7-10(11)13/h3,5,7,9H,4,6,8H2,1-2H3. The minimum absolute atomic E-state index is 0.0780. The third-order valence-corrected chi connectivity index (χ3v) is 3.36. The molecule has 0 spiro atoms. The largest absolute Gasteiger partial charge is 0.369 e. The summed E-state index contributed by atoms with van der Waals surface area (Å²) >= 11 is 6.09. The third kappa shape index (κ3) is 2.52. The average molecular weight is 254 g/mol. The van der Waals surface area contributed by atoms with Gasteiger partial charge in [0, 0.05) is 39.6 Å². The van der Waals surface area contributed by atoms with Crippen molar-refractivity contribution < 1.29 is 4.79 Å². The molecule has 92 valence electrons. The molecule has 2 rings (SSSR count). The van der Waals surface area contributed by atoms with Gasteiger partial charge < -0.3 is 9.80 Å². The molecule has 0 saturated carbocycles. The normalized spacial score (nSPS) is 19.5. The molecular weight excluding hydrogens is 238 g/mol. The Kier molecular flexibility index (Phi) is 3.52. The summed E-state index contributed by atoms with van der Waals surface area (Å²) in [5, 5.41) is 0.644. The summed E-state index contributed by atoms with van der Waals surface area (Å²) in [6, 6.07) is 1.89. The van der Waals surface area contributed by atoms with Gasteiger partial charge in [0.15, 0.2) is 0 Å². The molecule has 1 aliphatic heterocycles. The van der Waals surface area contributed by atoms with Gasteiger partial charge in [0.25, 0.3) is 0 Å². The highest BCUT2D eigenvalue weighted by Crippen LogP contribution is 2.29. The van der Waals surface area contributed by atoms with E-state index in [4.69, 9.17) is 11.6 Å². The van der Waals surface area contributed by atoms with Crippen LogP contribution in [0.2, 0.25) is 5.02 Å². The van der Waals surface area contributed by atoms with E-state index < -0.39 is 0 Å². The predicted molar refractivity (Wildman–Crippen MR) is 68.3 cm³/mol. The maximum absolute atomic E-state index is 11.9. The van der Waals surface area contributed by atoms with Crippen molar-refractivity contribution in [2.24, 2.45) is 5.92 Å². The smallest absolute Gasteiger partial charge is 0.227 e. The van der Waals surface area contributed by atoms with Crippen molar-refractivity contribution in [3.05, 3.63) is 23.5 Å². The first-order valence-corrected chi connectivity index (χ1v) is 6.03. The Morgan fingerprint density at radius 3 is 3.00 bits per heavy atom. The predicted octanol–water partition coefficient (Wildman–Crippen LogP) is 1.65. The molecule has 0 aromatic carbocycles. The second-order valence-corrected chi connectivity index (χ2v) is 4.90. The topological polar surface area (TPSA) is 36.4 Å². The highest BCUT2D eigenvalue weighted by atomic mass is 35.5. The van der Waals surface area contributed by atoms with Gasteiger partial charge in [-0.3, -0.25) is 9.78 Å². The molecule has 0 aliphatic carbocycles. The van der Waals surface area contributed by atoms with Crippen molar-refractivity contribution in [1.82, 2.24) is 9.88 Å². The van der Waals surface area contributed by atoms with Crippen molar-refractivity contribution in [1.29, 1.82) is 0 Å². The molecule has 1 saturated heterocycles. The van der Waals surface area contributed by atoms with E-state index in [1.807, 2.05) is 6.07 Å². The first-order chi connectivity index (χ1) is 8.09. The zero-order valence-corrected chi connectivity index (χ0v) is 10.8. The molecule has 4 nitrogen and oxygen atoms in total. The quantitative estimate of drug-likeness (QED) is 0.804. The number of hydrogen-bond acceptors (Lipinski definition) is 3. The van der Waals surface area contributed by atoms with Crippen LogP contribution in [-0.4, -0.2) is 43.0 Å². The van der Waals surface area contributed by atoms with Crippen LogP contribution in [0, 0.1) is 5.92 Å². The zero-order chi connectivity index (χ0) is 12.4. The molecule has 0 radical (unpaired) electrons. The second-order valence-electron chi connectivity index (χ2n) is 4.49. The lowest BCUT2D eigenvalue weighted by Gasteiger charge is -2.20. The van der Waals surface area contributed by atoms with Gasteiger partial charge in [-0.15, -0.1) is 0 Å². The molecule has 1 aromatic heterocycles. The van der Waals surface area contributed by atoms with Crippen LogP contribution in [0.1, 0.15) is 6.42 Å². The highest BCUT2D eigenvalue weighted by Gasteiger charge is 2.30. The van der Waals surface area contributed by atoms with Gasteiger partial charge in [-0.25, -0.2) is 0 Å². The lowest BCUT2D eigenvalue weighted by Crippen LogP contribution is -2.31. The van der Waals surface area contributed by atoms with E-state index >= 15 is 0 Å². The lowest BCUT2D eigenvalue weighted by molar-refractivity contribution is -0.132. The highest BCUT2D eigenvalue weighted by molar-refractivity contribution is 6.33. The Balaban J connectivity index is 2.08. The SMILES string of the molecule is CN(C)C(=O)C1CCN(c2ccncc2Cl)C1. The number of anilines is 1. The second kappa shape index (κ2) is 4.92. The van der Waals surface area contributed by atoms with Gasteiger partial charge in [0.05, 0.1) is 16.6 Å². The molecule has 1 fully saturated rings. The summed E-state index contributed by atoms with van der Waals surface area (Å²) in [5.41, 5.74) is 0.968. The minimum Gasteiger partial charge on any atom is -0.369 e. The first-order valence-electron chi connectivity index (χ1n) is 5.65. The maximum Gasteiger partial charge on any atom is 0.227 e. The van der Waals surface area contributed by atoms with Gasteiger partial charge in [0.2, 0.25) is 5.91 Å². The Bertz CT molecular complexity index is 422. The van der Waals surface area contributed by atoms with Crippen LogP contribution in [0.15, 0.2) is 18.5 Å². The van der Waals surface area contributed by atoms with Gasteiger partial charge in [-0.05, 0) is 12.5 Å². The molecule has 5 heteroatoms. The van der Waals surface area contributed by atoms with Crippen LogP contribution >= 0.6 is 11.6 Å². The Hall–Kier alpha value is -1.29. The molecular formula is C12H16ClN3O. The summed E-state index contributed by atoms with van der Waals surface area (Å²) < 4.78 is 0. The van der Waals surface area contributed by atoms with Crippen molar-refractivity contribution in [2.75, 3.05) is 32.1 Å². The number of rotatable bonds is 2. The molecule has 1 amide bonds. The van der Waals surface area contributed by atoms with E-state index in [-0.39, 0.29) is 11.8 Å². The molecule has 0 bridgehead atoms. The Labute approximate surface area is 106 Å². The number of aromatic nitrogens is 1. The molecule has 1 atom stereocenters. The fourth-order valence-corrected chi connectivity index (χ4v) is 2.41. The number of pyridine rings is 1. The number of carbonyl (C=O) groups excluding carboxylic acids is 1. The number of hydrogen-bond donors (Lipinski definition) is 0. The summed E-state index contributed by atoms with van der Waals surface area (Å²) in [4.78, 5) is 19.6. The van der Waals surface area contributed by atoms with E-state index in [1.165, 1.54) is 0 Å². The monoisotopic (exact) mass is 253 g/mol. The zero-order valence-electron chi connectivity index (χ0n) is 10.1. The van der Waals surface area contributed by atoms with Crippen molar-refractivity contribution >= 4 is 23.2 Å². The van der Waals surface area contributed by atoms with Crippen molar-refractivity contribution in [3.63, 3.8) is 0 Å². The molecule has 2 heterocycles. The van der Waals surface area contributed by atoms with Crippen LogP contribution in [0.4, 0.5) is 5.69 Å². The van der Waals surface area contributed by atoms with Crippen molar-refractivity contribution in [3.8, 4) is 0 Å². The van der Waals surface area contributed by atoms with Gasteiger partial charge >= 0.3 is 0 Å². The van der Waals surface area contributed by atoms with Crippen molar-refractivity contribution in [2.45, 2.75) is 6.42 Å². The average Bonchev–Trinajstić information content (AvgIpc) is 2.77. The number of halogens is 1. The molecule has 0 N–H and O–H groups in total. The van der Waals surface area contributed by atoms with Crippen LogP contribution < -0.4 is 4.90 Å². The Morgan fingerprint density at radius 1 is 1.59 bits per heavy atom. The summed E-state index contributed by atoms with van der Waals surface area (Å²) in [6.45, 7) is 1.61. The van der Waals surface area contributed by atoms with Gasteiger partial charge in [0.1, 0.15) is 0 Å². The molecule has 1 aromatic rings.